The van der Waals surface area contributed by atoms with Crippen LogP contribution < -0.4 is 14.4 Å². The quantitative estimate of drug-likeness (QED) is 0.257. The zero-order chi connectivity index (χ0) is 25.1. The lowest BCUT2D eigenvalue weighted by atomic mass is 9.94. The number of ether oxygens (including phenoxy) is 2. The molecule has 35 heavy (non-hydrogen) atoms. The van der Waals surface area contributed by atoms with Crippen molar-refractivity contribution >= 4 is 34.7 Å². The van der Waals surface area contributed by atoms with E-state index in [9.17, 15) is 19.8 Å². The van der Waals surface area contributed by atoms with Gasteiger partial charge in [0.1, 0.15) is 23.0 Å². The Labute approximate surface area is 207 Å². The number of carbonyl (C=O) groups is 2. The minimum Gasteiger partial charge on any atom is -0.508 e. The molecule has 0 spiro atoms. The molecule has 8 heteroatoms. The largest absolute Gasteiger partial charge is 0.508 e. The SMILES string of the molecule is CCOc1ccc(/C(O)=C2/C(=O)C(=O)N(c3ccc(Cl)cc3)C2c2cccc(O)c2)c(OCC)c1. The van der Waals surface area contributed by atoms with E-state index >= 15 is 0 Å². The van der Waals surface area contributed by atoms with Crippen LogP contribution in [0.5, 0.6) is 17.2 Å². The van der Waals surface area contributed by atoms with Crippen LogP contribution in [0.25, 0.3) is 5.76 Å². The molecule has 3 aromatic rings. The number of anilines is 1. The molecule has 2 N–H and O–H groups in total. The molecule has 1 fully saturated rings. The lowest BCUT2D eigenvalue weighted by Gasteiger charge is -2.25. The number of aliphatic hydroxyl groups excluding tert-OH is 1. The number of ketones is 1. The number of hydrogen-bond donors (Lipinski definition) is 2. The molecule has 1 heterocycles. The molecule has 0 aromatic heterocycles. The summed E-state index contributed by atoms with van der Waals surface area (Å²) in [7, 11) is 0. The molecular weight excluding hydrogens is 470 g/mol. The number of Topliss-reactive ketones (excluding diaryl/α,β-unsaturated/α-hetero) is 1. The fraction of sp³-hybridized carbons (Fsp3) is 0.185. The van der Waals surface area contributed by atoms with Crippen LogP contribution in [0.4, 0.5) is 5.69 Å². The van der Waals surface area contributed by atoms with Crippen LogP contribution in [0.2, 0.25) is 5.02 Å². The second-order valence-corrected chi connectivity index (χ2v) is 8.20. The number of aliphatic hydroxyl groups is 1. The molecule has 1 unspecified atom stereocenters. The van der Waals surface area contributed by atoms with E-state index in [0.717, 1.165) is 0 Å². The predicted octanol–water partition coefficient (Wildman–Crippen LogP) is 5.47. The topological polar surface area (TPSA) is 96.3 Å². The summed E-state index contributed by atoms with van der Waals surface area (Å²) in [5.74, 6) is -1.25. The molecule has 1 aliphatic rings. The number of benzene rings is 3. The molecule has 3 aromatic carbocycles. The van der Waals surface area contributed by atoms with Crippen LogP contribution in [-0.2, 0) is 9.59 Å². The number of nitrogens with zero attached hydrogens (tertiary/aromatic N) is 1. The van der Waals surface area contributed by atoms with Crippen molar-refractivity contribution in [2.24, 2.45) is 0 Å². The van der Waals surface area contributed by atoms with Crippen LogP contribution in [0, 0.1) is 0 Å². The molecule has 1 amide bonds. The highest BCUT2D eigenvalue weighted by Gasteiger charge is 2.47. The Morgan fingerprint density at radius 3 is 2.34 bits per heavy atom. The number of aromatic hydroxyl groups is 1. The second-order valence-electron chi connectivity index (χ2n) is 7.76. The van der Waals surface area contributed by atoms with Gasteiger partial charge in [0.05, 0.1) is 30.4 Å². The predicted molar refractivity (Wildman–Crippen MR) is 133 cm³/mol. The van der Waals surface area contributed by atoms with Gasteiger partial charge in [-0.2, -0.15) is 0 Å². The molecule has 180 valence electrons. The van der Waals surface area contributed by atoms with E-state index in [1.807, 2.05) is 6.92 Å². The third-order valence-corrected chi connectivity index (χ3v) is 5.81. The lowest BCUT2D eigenvalue weighted by Crippen LogP contribution is -2.29. The number of carbonyl (C=O) groups excluding carboxylic acids is 2. The third kappa shape index (κ3) is 4.68. The number of rotatable bonds is 7. The van der Waals surface area contributed by atoms with E-state index in [4.69, 9.17) is 21.1 Å². The minimum absolute atomic E-state index is 0.0414. The summed E-state index contributed by atoms with van der Waals surface area (Å²) in [4.78, 5) is 27.8. The normalized spacial score (nSPS) is 17.0. The first kappa shape index (κ1) is 24.2. The van der Waals surface area contributed by atoms with Crippen molar-refractivity contribution in [3.63, 3.8) is 0 Å². The van der Waals surface area contributed by atoms with E-state index in [1.165, 1.54) is 17.0 Å². The molecule has 4 rings (SSSR count). The Morgan fingerprint density at radius 2 is 1.69 bits per heavy atom. The maximum Gasteiger partial charge on any atom is 0.300 e. The van der Waals surface area contributed by atoms with Gasteiger partial charge >= 0.3 is 0 Å². The van der Waals surface area contributed by atoms with Crippen LogP contribution in [-0.4, -0.2) is 35.1 Å². The number of amides is 1. The van der Waals surface area contributed by atoms with Crippen molar-refractivity contribution in [2.75, 3.05) is 18.1 Å². The summed E-state index contributed by atoms with van der Waals surface area (Å²) in [6, 6.07) is 16.5. The van der Waals surface area contributed by atoms with Gasteiger partial charge in [-0.15, -0.1) is 0 Å². The summed E-state index contributed by atoms with van der Waals surface area (Å²) in [6.45, 7) is 4.40. The van der Waals surface area contributed by atoms with Crippen molar-refractivity contribution in [2.45, 2.75) is 19.9 Å². The standard InChI is InChI=1S/C27H24ClNO6/c1-3-34-20-12-13-21(22(15-20)35-4-2)25(31)23-24(16-6-5-7-19(30)14-16)29(27(33)26(23)32)18-10-8-17(28)9-11-18/h5-15,24,30-31H,3-4H2,1-2H3/b25-23-. The zero-order valence-corrected chi connectivity index (χ0v) is 20.0. The summed E-state index contributed by atoms with van der Waals surface area (Å²) in [5.41, 5.74) is 0.987. The molecule has 7 nitrogen and oxygen atoms in total. The van der Waals surface area contributed by atoms with E-state index in [0.29, 0.717) is 41.0 Å². The lowest BCUT2D eigenvalue weighted by molar-refractivity contribution is -0.132. The van der Waals surface area contributed by atoms with E-state index in [-0.39, 0.29) is 22.6 Å². The van der Waals surface area contributed by atoms with Crippen LogP contribution in [0.15, 0.2) is 72.3 Å². The number of phenols is 1. The Balaban J connectivity index is 1.94. The molecule has 0 bridgehead atoms. The molecule has 1 aliphatic heterocycles. The zero-order valence-electron chi connectivity index (χ0n) is 19.2. The van der Waals surface area contributed by atoms with Crippen molar-refractivity contribution in [3.8, 4) is 17.2 Å². The monoisotopic (exact) mass is 493 g/mol. The molecular formula is C27H24ClNO6. The van der Waals surface area contributed by atoms with Crippen molar-refractivity contribution in [3.05, 3.63) is 88.5 Å². The van der Waals surface area contributed by atoms with Crippen LogP contribution >= 0.6 is 11.6 Å². The van der Waals surface area contributed by atoms with Crippen molar-refractivity contribution in [1.29, 1.82) is 0 Å². The van der Waals surface area contributed by atoms with Crippen LogP contribution in [0.1, 0.15) is 31.0 Å². The number of halogens is 1. The van der Waals surface area contributed by atoms with E-state index in [1.54, 1.807) is 61.5 Å². The Morgan fingerprint density at radius 1 is 0.971 bits per heavy atom. The van der Waals surface area contributed by atoms with Gasteiger partial charge in [0.25, 0.3) is 11.7 Å². The van der Waals surface area contributed by atoms with Gasteiger partial charge in [0.15, 0.2) is 0 Å². The van der Waals surface area contributed by atoms with Gasteiger partial charge in [-0.05, 0) is 67.9 Å². The Hall–Kier alpha value is -3.97. The molecule has 0 radical (unpaired) electrons. The highest BCUT2D eigenvalue weighted by Crippen LogP contribution is 2.44. The average Bonchev–Trinajstić information content (AvgIpc) is 3.10. The minimum atomic E-state index is -0.996. The summed E-state index contributed by atoms with van der Waals surface area (Å²) < 4.78 is 11.2. The fourth-order valence-electron chi connectivity index (χ4n) is 4.09. The van der Waals surface area contributed by atoms with Gasteiger partial charge < -0.3 is 19.7 Å². The summed E-state index contributed by atoms with van der Waals surface area (Å²) in [5, 5.41) is 22.0. The highest BCUT2D eigenvalue weighted by atomic mass is 35.5. The van der Waals surface area contributed by atoms with E-state index in [2.05, 4.69) is 0 Å². The van der Waals surface area contributed by atoms with Gasteiger partial charge in [-0.25, -0.2) is 0 Å². The third-order valence-electron chi connectivity index (χ3n) is 5.55. The molecule has 1 atom stereocenters. The molecule has 0 aliphatic carbocycles. The Kier molecular flexibility index (Phi) is 6.98. The first-order valence-electron chi connectivity index (χ1n) is 11.1. The van der Waals surface area contributed by atoms with Crippen LogP contribution in [0.3, 0.4) is 0 Å². The van der Waals surface area contributed by atoms with Gasteiger partial charge in [0, 0.05) is 16.8 Å². The maximum absolute atomic E-state index is 13.3. The Bertz CT molecular complexity index is 1300. The summed E-state index contributed by atoms with van der Waals surface area (Å²) >= 11 is 6.02. The first-order valence-corrected chi connectivity index (χ1v) is 11.5. The fourth-order valence-corrected chi connectivity index (χ4v) is 4.21. The molecule has 0 saturated carbocycles. The maximum atomic E-state index is 13.3. The summed E-state index contributed by atoms with van der Waals surface area (Å²) in [6.07, 6.45) is 0. The van der Waals surface area contributed by atoms with Gasteiger partial charge in [-0.1, -0.05) is 23.7 Å². The average molecular weight is 494 g/mol. The van der Waals surface area contributed by atoms with Gasteiger partial charge in [-0.3, -0.25) is 14.5 Å². The van der Waals surface area contributed by atoms with E-state index < -0.39 is 17.7 Å². The smallest absolute Gasteiger partial charge is 0.300 e. The first-order chi connectivity index (χ1) is 16.8. The number of phenolic OH excluding ortho intramolecular Hbond substituents is 1. The van der Waals surface area contributed by atoms with Crippen molar-refractivity contribution < 1.29 is 29.3 Å². The van der Waals surface area contributed by atoms with Gasteiger partial charge in [0.2, 0.25) is 0 Å². The molecule has 1 saturated heterocycles. The highest BCUT2D eigenvalue weighted by molar-refractivity contribution is 6.51. The second kappa shape index (κ2) is 10.1. The van der Waals surface area contributed by atoms with Crippen molar-refractivity contribution in [1.82, 2.24) is 0 Å². The number of hydrogen-bond acceptors (Lipinski definition) is 6.